The van der Waals surface area contributed by atoms with E-state index in [1.807, 2.05) is 32.2 Å². The van der Waals surface area contributed by atoms with E-state index in [4.69, 9.17) is 19.9 Å². The van der Waals surface area contributed by atoms with Crippen LogP contribution in [0.15, 0.2) is 18.3 Å². The molecule has 1 aliphatic rings. The Hall–Kier alpha value is -1.79. The third-order valence-electron chi connectivity index (χ3n) is 3.14. The summed E-state index contributed by atoms with van der Waals surface area (Å²) in [6, 6.07) is 3.89. The van der Waals surface area contributed by atoms with Crippen LogP contribution in [-0.4, -0.2) is 17.8 Å². The highest BCUT2D eigenvalue weighted by Crippen LogP contribution is 2.38. The third-order valence-corrected chi connectivity index (χ3v) is 4.02. The molecule has 6 heteroatoms. The van der Waals surface area contributed by atoms with Gasteiger partial charge in [-0.25, -0.2) is 4.98 Å². The molecule has 2 heterocycles. The van der Waals surface area contributed by atoms with Gasteiger partial charge in [0.1, 0.15) is 12.4 Å². The third kappa shape index (κ3) is 3.28. The Morgan fingerprint density at radius 1 is 1.38 bits per heavy atom. The quantitative estimate of drug-likeness (QED) is 0.920. The standard InChI is InChI=1S/C15H18N2O3S/c1-9(16)3-11-4-14-15(20-8-19-14)5-13(11)18-7-12-6-17-10(2)21-12/h4-6,9H,3,7-8,16H2,1-2H3. The van der Waals surface area contributed by atoms with Crippen molar-refractivity contribution in [3.63, 3.8) is 0 Å². The number of rotatable bonds is 5. The summed E-state index contributed by atoms with van der Waals surface area (Å²) in [5.41, 5.74) is 6.95. The van der Waals surface area contributed by atoms with E-state index in [-0.39, 0.29) is 12.8 Å². The van der Waals surface area contributed by atoms with Gasteiger partial charge in [-0.05, 0) is 31.9 Å². The van der Waals surface area contributed by atoms with E-state index in [1.54, 1.807) is 11.3 Å². The molecule has 2 aromatic rings. The first kappa shape index (κ1) is 14.2. The van der Waals surface area contributed by atoms with Crippen molar-refractivity contribution in [1.29, 1.82) is 0 Å². The molecule has 0 fully saturated rings. The SMILES string of the molecule is Cc1ncc(COc2cc3c(cc2CC(C)N)OCO3)s1. The van der Waals surface area contributed by atoms with Crippen molar-refractivity contribution in [2.75, 3.05) is 6.79 Å². The van der Waals surface area contributed by atoms with Crippen LogP contribution in [0.25, 0.3) is 0 Å². The highest BCUT2D eigenvalue weighted by atomic mass is 32.1. The second-order valence-electron chi connectivity index (χ2n) is 5.13. The van der Waals surface area contributed by atoms with Gasteiger partial charge in [-0.15, -0.1) is 11.3 Å². The Morgan fingerprint density at radius 3 is 2.81 bits per heavy atom. The number of nitrogens with two attached hydrogens (primary N) is 1. The number of nitrogens with zero attached hydrogens (tertiary/aromatic N) is 1. The lowest BCUT2D eigenvalue weighted by Crippen LogP contribution is -2.18. The summed E-state index contributed by atoms with van der Waals surface area (Å²) in [5, 5.41) is 1.04. The lowest BCUT2D eigenvalue weighted by Gasteiger charge is -2.13. The molecule has 0 spiro atoms. The summed E-state index contributed by atoms with van der Waals surface area (Å²) in [7, 11) is 0. The van der Waals surface area contributed by atoms with Crippen LogP contribution in [0.3, 0.4) is 0 Å². The second kappa shape index (κ2) is 5.91. The summed E-state index contributed by atoms with van der Waals surface area (Å²) in [4.78, 5) is 5.33. The first-order valence-corrected chi connectivity index (χ1v) is 7.65. The number of aryl methyl sites for hydroxylation is 1. The minimum atomic E-state index is 0.0540. The molecule has 0 radical (unpaired) electrons. The molecule has 112 valence electrons. The zero-order valence-corrected chi connectivity index (χ0v) is 12.9. The summed E-state index contributed by atoms with van der Waals surface area (Å²) >= 11 is 1.64. The van der Waals surface area contributed by atoms with Crippen LogP contribution < -0.4 is 19.9 Å². The van der Waals surface area contributed by atoms with Gasteiger partial charge in [-0.2, -0.15) is 0 Å². The molecule has 2 N–H and O–H groups in total. The van der Waals surface area contributed by atoms with E-state index >= 15 is 0 Å². The Balaban J connectivity index is 1.81. The van der Waals surface area contributed by atoms with Crippen LogP contribution in [0.1, 0.15) is 22.4 Å². The average molecular weight is 306 g/mol. The van der Waals surface area contributed by atoms with Crippen molar-refractivity contribution in [3.05, 3.63) is 33.8 Å². The number of benzene rings is 1. The molecule has 0 aliphatic carbocycles. The molecule has 0 amide bonds. The minimum Gasteiger partial charge on any atom is -0.488 e. The molecule has 1 aromatic heterocycles. The maximum atomic E-state index is 5.94. The number of hydrogen-bond donors (Lipinski definition) is 1. The van der Waals surface area contributed by atoms with E-state index in [0.717, 1.165) is 39.1 Å². The summed E-state index contributed by atoms with van der Waals surface area (Å²) in [6.07, 6.45) is 2.58. The molecule has 1 atom stereocenters. The predicted octanol–water partition coefficient (Wildman–Crippen LogP) is 2.65. The molecule has 3 rings (SSSR count). The van der Waals surface area contributed by atoms with Crippen LogP contribution in [0.5, 0.6) is 17.2 Å². The fraction of sp³-hybridized carbons (Fsp3) is 0.400. The van der Waals surface area contributed by atoms with Crippen molar-refractivity contribution < 1.29 is 14.2 Å². The van der Waals surface area contributed by atoms with Gasteiger partial charge >= 0.3 is 0 Å². The van der Waals surface area contributed by atoms with Crippen LogP contribution >= 0.6 is 11.3 Å². The fourth-order valence-corrected chi connectivity index (χ4v) is 2.94. The van der Waals surface area contributed by atoms with Gasteiger partial charge in [0.25, 0.3) is 0 Å². The Bertz CT molecular complexity index is 640. The Labute approximate surface area is 127 Å². The number of aromatic nitrogens is 1. The number of fused-ring (bicyclic) bond motifs is 1. The molecule has 0 bridgehead atoms. The highest BCUT2D eigenvalue weighted by Gasteiger charge is 2.19. The number of thiazole rings is 1. The number of ether oxygens (including phenoxy) is 3. The molecule has 21 heavy (non-hydrogen) atoms. The first-order valence-electron chi connectivity index (χ1n) is 6.84. The van der Waals surface area contributed by atoms with E-state index in [2.05, 4.69) is 4.98 Å². The van der Waals surface area contributed by atoms with E-state index in [9.17, 15) is 0 Å². The average Bonchev–Trinajstić information content (AvgIpc) is 3.03. The molecule has 1 aliphatic heterocycles. The molecule has 1 aromatic carbocycles. The van der Waals surface area contributed by atoms with Gasteiger partial charge in [-0.3, -0.25) is 0 Å². The molecule has 0 saturated carbocycles. The largest absolute Gasteiger partial charge is 0.488 e. The maximum Gasteiger partial charge on any atom is 0.231 e. The molecular weight excluding hydrogens is 288 g/mol. The zero-order chi connectivity index (χ0) is 14.8. The smallest absolute Gasteiger partial charge is 0.231 e. The molecular formula is C15H18N2O3S. The maximum absolute atomic E-state index is 5.94. The fourth-order valence-electron chi connectivity index (χ4n) is 2.23. The van der Waals surface area contributed by atoms with E-state index < -0.39 is 0 Å². The van der Waals surface area contributed by atoms with Crippen molar-refractivity contribution in [2.24, 2.45) is 5.73 Å². The van der Waals surface area contributed by atoms with E-state index in [1.165, 1.54) is 0 Å². The summed E-state index contributed by atoms with van der Waals surface area (Å²) in [6.45, 7) is 4.71. The predicted molar refractivity (Wildman–Crippen MR) is 81.1 cm³/mol. The minimum absolute atomic E-state index is 0.0540. The first-order chi connectivity index (χ1) is 10.1. The van der Waals surface area contributed by atoms with Crippen molar-refractivity contribution in [1.82, 2.24) is 4.98 Å². The lowest BCUT2D eigenvalue weighted by molar-refractivity contribution is 0.173. The summed E-state index contributed by atoms with van der Waals surface area (Å²) in [5.74, 6) is 2.27. The topological polar surface area (TPSA) is 66.6 Å². The van der Waals surface area contributed by atoms with Gasteiger partial charge in [0.05, 0.1) is 9.88 Å². The molecule has 5 nitrogen and oxygen atoms in total. The van der Waals surface area contributed by atoms with Crippen LogP contribution in [0, 0.1) is 6.92 Å². The normalized spacial score (nSPS) is 14.2. The summed E-state index contributed by atoms with van der Waals surface area (Å²) < 4.78 is 16.8. The molecule has 1 unspecified atom stereocenters. The lowest BCUT2D eigenvalue weighted by atomic mass is 10.1. The van der Waals surface area contributed by atoms with E-state index in [0.29, 0.717) is 6.61 Å². The second-order valence-corrected chi connectivity index (χ2v) is 6.45. The number of hydrogen-bond acceptors (Lipinski definition) is 6. The monoisotopic (exact) mass is 306 g/mol. The zero-order valence-electron chi connectivity index (χ0n) is 12.1. The van der Waals surface area contributed by atoms with Gasteiger partial charge in [0.15, 0.2) is 11.5 Å². The van der Waals surface area contributed by atoms with Gasteiger partial charge in [0.2, 0.25) is 6.79 Å². The Kier molecular flexibility index (Phi) is 3.98. The van der Waals surface area contributed by atoms with Gasteiger partial charge in [0, 0.05) is 18.3 Å². The van der Waals surface area contributed by atoms with Crippen LogP contribution in [0.2, 0.25) is 0 Å². The van der Waals surface area contributed by atoms with Crippen molar-refractivity contribution in [3.8, 4) is 17.2 Å². The van der Waals surface area contributed by atoms with Crippen LogP contribution in [0.4, 0.5) is 0 Å². The van der Waals surface area contributed by atoms with Gasteiger partial charge < -0.3 is 19.9 Å². The van der Waals surface area contributed by atoms with Crippen molar-refractivity contribution in [2.45, 2.75) is 32.9 Å². The molecule has 0 saturated heterocycles. The van der Waals surface area contributed by atoms with Gasteiger partial charge in [-0.1, -0.05) is 0 Å². The Morgan fingerprint density at radius 2 is 2.14 bits per heavy atom. The van der Waals surface area contributed by atoms with Crippen molar-refractivity contribution >= 4 is 11.3 Å². The van der Waals surface area contributed by atoms with Crippen LogP contribution in [-0.2, 0) is 13.0 Å². The highest BCUT2D eigenvalue weighted by molar-refractivity contribution is 7.11.